The van der Waals surface area contributed by atoms with Gasteiger partial charge in [-0.3, -0.25) is 4.99 Å². The van der Waals surface area contributed by atoms with Crippen molar-refractivity contribution in [1.29, 1.82) is 0 Å². The van der Waals surface area contributed by atoms with Crippen LogP contribution in [0.4, 0.5) is 0 Å². The molecule has 62 valence electrons. The molecule has 1 aromatic carbocycles. The van der Waals surface area contributed by atoms with E-state index < -0.39 is 0 Å². The van der Waals surface area contributed by atoms with Gasteiger partial charge in [-0.05, 0) is 0 Å². The molecule has 0 saturated carbocycles. The third kappa shape index (κ3) is 2.46. The van der Waals surface area contributed by atoms with E-state index in [1.54, 1.807) is 24.3 Å². The summed E-state index contributed by atoms with van der Waals surface area (Å²) in [5, 5.41) is 13.9. The van der Waals surface area contributed by atoms with Gasteiger partial charge >= 0.3 is 29.6 Å². The second-order valence-electron chi connectivity index (χ2n) is 2.68. The van der Waals surface area contributed by atoms with Crippen LogP contribution >= 0.6 is 0 Å². The van der Waals surface area contributed by atoms with Crippen LogP contribution in [0.5, 0.6) is 5.75 Å². The Kier molecular flexibility index (Phi) is 3.78. The van der Waals surface area contributed by atoms with E-state index >= 15 is 0 Å². The van der Waals surface area contributed by atoms with E-state index in [2.05, 4.69) is 10.3 Å². The average molecular weight is 184 g/mol. The largest absolute Gasteiger partial charge is 1.00 e. The van der Waals surface area contributed by atoms with Crippen LogP contribution in [0, 0.1) is 0 Å². The fourth-order valence-electron chi connectivity index (χ4n) is 1.20. The smallest absolute Gasteiger partial charge is 0.872 e. The van der Waals surface area contributed by atoms with Gasteiger partial charge in [-0.1, -0.05) is 24.3 Å². The van der Waals surface area contributed by atoms with E-state index in [-0.39, 0.29) is 35.3 Å². The van der Waals surface area contributed by atoms with Crippen molar-refractivity contribution in [3.05, 3.63) is 29.8 Å². The maximum absolute atomic E-state index is 10.8. The van der Waals surface area contributed by atoms with Crippen molar-refractivity contribution in [2.24, 2.45) is 4.99 Å². The summed E-state index contributed by atoms with van der Waals surface area (Å²) in [7, 11) is 0. The van der Waals surface area contributed by atoms with E-state index in [0.717, 1.165) is 24.5 Å². The molecule has 0 amide bonds. The Morgan fingerprint density at radius 3 is 2.46 bits per heavy atom. The summed E-state index contributed by atoms with van der Waals surface area (Å²) in [5.41, 5.74) is 0.993. The Morgan fingerprint density at radius 1 is 1.23 bits per heavy atom. The van der Waals surface area contributed by atoms with Crippen LogP contribution in [0.15, 0.2) is 29.3 Å². The zero-order valence-corrected chi connectivity index (χ0v) is 9.58. The minimum atomic E-state index is 0. The van der Waals surface area contributed by atoms with Crippen molar-refractivity contribution < 1.29 is 34.7 Å². The minimum absolute atomic E-state index is 0. The Balaban J connectivity index is 0.000000845. The van der Waals surface area contributed by atoms with Crippen molar-refractivity contribution in [2.75, 3.05) is 13.1 Å². The first-order valence-electron chi connectivity index (χ1n) is 3.92. The molecule has 0 saturated heterocycles. The van der Waals surface area contributed by atoms with Crippen molar-refractivity contribution in [2.45, 2.75) is 0 Å². The zero-order valence-electron chi connectivity index (χ0n) is 7.58. The van der Waals surface area contributed by atoms with Gasteiger partial charge in [0.15, 0.2) is 0 Å². The molecule has 0 radical (unpaired) electrons. The first-order valence-corrected chi connectivity index (χ1v) is 3.92. The molecule has 1 aliphatic rings. The molecule has 0 unspecified atom stereocenters. The van der Waals surface area contributed by atoms with Gasteiger partial charge in [0.05, 0.1) is 6.54 Å². The van der Waals surface area contributed by atoms with Crippen molar-refractivity contribution in [3.63, 3.8) is 0 Å². The van der Waals surface area contributed by atoms with Gasteiger partial charge in [0.1, 0.15) is 5.84 Å². The first-order chi connectivity index (χ1) is 5.86. The molecule has 1 aliphatic heterocycles. The monoisotopic (exact) mass is 184 g/mol. The number of aliphatic imine (C=N–C) groups is 1. The Labute approximate surface area is 99.2 Å². The van der Waals surface area contributed by atoms with E-state index in [1.165, 1.54) is 0 Å². The second-order valence-corrected chi connectivity index (χ2v) is 2.68. The third-order valence-corrected chi connectivity index (χ3v) is 1.80. The van der Waals surface area contributed by atoms with Crippen molar-refractivity contribution in [1.82, 2.24) is 5.32 Å². The predicted molar refractivity (Wildman–Crippen MR) is 45.3 cm³/mol. The molecule has 1 heterocycles. The molecule has 2 rings (SSSR count). The molecule has 13 heavy (non-hydrogen) atoms. The molecule has 0 spiro atoms. The number of benzene rings is 1. The average Bonchev–Trinajstić information content (AvgIpc) is 2.58. The predicted octanol–water partition coefficient (Wildman–Crippen LogP) is -2.89. The number of amidine groups is 1. The summed E-state index contributed by atoms with van der Waals surface area (Å²) >= 11 is 0. The Morgan fingerprint density at radius 2 is 1.92 bits per heavy atom. The van der Waals surface area contributed by atoms with Gasteiger partial charge in [-0.2, -0.15) is 0 Å². The Bertz CT molecular complexity index is 308. The van der Waals surface area contributed by atoms with Gasteiger partial charge in [0.25, 0.3) is 0 Å². The van der Waals surface area contributed by atoms with Crippen molar-refractivity contribution in [3.8, 4) is 5.75 Å². The third-order valence-electron chi connectivity index (χ3n) is 1.80. The van der Waals surface area contributed by atoms with Crippen LogP contribution in [-0.4, -0.2) is 18.9 Å². The maximum Gasteiger partial charge on any atom is 1.00 e. The standard InChI is InChI=1S/C9H10N2O.Na/c12-8-3-1-7(2-4-8)9-10-5-6-11-9;/h1-4,12H,5-6H2,(H,10,11);/q;+1/p-1. The molecule has 4 heteroatoms. The number of nitrogens with zero attached hydrogens (tertiary/aromatic N) is 1. The number of hydrogen-bond acceptors (Lipinski definition) is 3. The number of rotatable bonds is 1. The van der Waals surface area contributed by atoms with Crippen LogP contribution < -0.4 is 40.0 Å². The van der Waals surface area contributed by atoms with Crippen LogP contribution in [0.1, 0.15) is 5.56 Å². The SMILES string of the molecule is [Na+].[O-]c1ccc(C2=NCCN2)cc1. The van der Waals surface area contributed by atoms with Crippen LogP contribution in [0.3, 0.4) is 0 Å². The Hall–Kier alpha value is -0.510. The molecule has 0 fully saturated rings. The van der Waals surface area contributed by atoms with Crippen molar-refractivity contribution >= 4 is 5.84 Å². The van der Waals surface area contributed by atoms with Gasteiger partial charge in [-0.15, -0.1) is 5.75 Å². The second kappa shape index (κ2) is 4.65. The fraction of sp³-hybridized carbons (Fsp3) is 0.222. The maximum atomic E-state index is 10.8. The van der Waals surface area contributed by atoms with E-state index in [9.17, 15) is 5.11 Å². The zero-order chi connectivity index (χ0) is 8.39. The molecule has 0 aliphatic carbocycles. The number of hydrogen-bond donors (Lipinski definition) is 1. The molecule has 0 aromatic heterocycles. The molecular formula is C9H9N2NaO. The molecule has 1 aromatic rings. The van der Waals surface area contributed by atoms with Crippen LogP contribution in [0.25, 0.3) is 0 Å². The normalized spacial score (nSPS) is 14.3. The molecule has 0 atom stereocenters. The number of nitrogens with one attached hydrogen (secondary N) is 1. The molecule has 1 N–H and O–H groups in total. The summed E-state index contributed by atoms with van der Waals surface area (Å²) in [5.74, 6) is 0.937. The summed E-state index contributed by atoms with van der Waals surface area (Å²) in [6.07, 6.45) is 0. The fourth-order valence-corrected chi connectivity index (χ4v) is 1.20. The van der Waals surface area contributed by atoms with E-state index in [1.807, 2.05) is 0 Å². The molecule has 3 nitrogen and oxygen atoms in total. The summed E-state index contributed by atoms with van der Waals surface area (Å²) < 4.78 is 0. The van der Waals surface area contributed by atoms with E-state index in [0.29, 0.717) is 0 Å². The van der Waals surface area contributed by atoms with Gasteiger partial charge in [0, 0.05) is 12.1 Å². The summed E-state index contributed by atoms with van der Waals surface area (Å²) in [6, 6.07) is 6.69. The minimum Gasteiger partial charge on any atom is -0.872 e. The van der Waals surface area contributed by atoms with Crippen LogP contribution in [-0.2, 0) is 0 Å². The molecule has 0 bridgehead atoms. The molecular weight excluding hydrogens is 175 g/mol. The topological polar surface area (TPSA) is 47.5 Å². The summed E-state index contributed by atoms with van der Waals surface area (Å²) in [6.45, 7) is 1.73. The van der Waals surface area contributed by atoms with Gasteiger partial charge in [-0.25, -0.2) is 0 Å². The van der Waals surface area contributed by atoms with Gasteiger partial charge in [0.2, 0.25) is 0 Å². The first kappa shape index (κ1) is 10.6. The van der Waals surface area contributed by atoms with Crippen LogP contribution in [0.2, 0.25) is 0 Å². The quantitative estimate of drug-likeness (QED) is 0.476. The van der Waals surface area contributed by atoms with E-state index in [4.69, 9.17) is 0 Å². The summed E-state index contributed by atoms with van der Waals surface area (Å²) in [4.78, 5) is 4.24. The van der Waals surface area contributed by atoms with Gasteiger partial charge < -0.3 is 10.4 Å².